The van der Waals surface area contributed by atoms with E-state index in [0.717, 1.165) is 11.3 Å². The second-order valence-electron chi connectivity index (χ2n) is 4.79. The fourth-order valence-corrected chi connectivity index (χ4v) is 2.02. The number of hydrogen-bond acceptors (Lipinski definition) is 5. The van der Waals surface area contributed by atoms with E-state index in [-0.39, 0.29) is 0 Å². The van der Waals surface area contributed by atoms with E-state index in [9.17, 15) is 5.11 Å². The highest BCUT2D eigenvalue weighted by Gasteiger charge is 2.12. The Morgan fingerprint density at radius 3 is 2.80 bits per heavy atom. The summed E-state index contributed by atoms with van der Waals surface area (Å²) in [6.45, 7) is 1.38. The van der Waals surface area contributed by atoms with Crippen molar-refractivity contribution in [3.05, 3.63) is 42.4 Å². The first-order valence-corrected chi connectivity index (χ1v) is 6.54. The second kappa shape index (κ2) is 7.19. The number of nitrogens with zero attached hydrogens (tertiary/aromatic N) is 2. The maximum Gasteiger partial charge on any atom is 0.209 e. The molecule has 0 saturated carbocycles. The number of hydrogen-bond donors (Lipinski definition) is 1. The zero-order valence-corrected chi connectivity index (χ0v) is 11.8. The molecule has 0 fully saturated rings. The molecule has 2 rings (SSSR count). The summed E-state index contributed by atoms with van der Waals surface area (Å²) in [5.74, 6) is 1.39. The fraction of sp³-hybridized carbons (Fsp3) is 0.400. The van der Waals surface area contributed by atoms with Crippen molar-refractivity contribution in [1.82, 2.24) is 9.88 Å². The van der Waals surface area contributed by atoms with Crippen molar-refractivity contribution >= 4 is 0 Å². The van der Waals surface area contributed by atoms with Gasteiger partial charge in [0, 0.05) is 19.2 Å². The van der Waals surface area contributed by atoms with Gasteiger partial charge in [0.05, 0.1) is 25.5 Å². The highest BCUT2D eigenvalue weighted by Crippen LogP contribution is 2.20. The molecule has 0 bridgehead atoms. The van der Waals surface area contributed by atoms with Gasteiger partial charge in [-0.25, -0.2) is 4.98 Å². The van der Waals surface area contributed by atoms with Crippen LogP contribution < -0.4 is 0 Å². The standard InChI is InChI=1S/C15H20N2O3/c1-17(9-13(18)11-19-2)10-15-16-8-14(20-15)12-6-4-3-5-7-12/h3-8,13,18H,9-11H2,1-2H3. The molecular formula is C15H20N2O3. The smallest absolute Gasteiger partial charge is 0.209 e. The van der Waals surface area contributed by atoms with Crippen LogP contribution in [0, 0.1) is 0 Å². The fourth-order valence-electron chi connectivity index (χ4n) is 2.02. The van der Waals surface area contributed by atoms with Crippen LogP contribution in [0.5, 0.6) is 0 Å². The molecule has 5 nitrogen and oxygen atoms in total. The Morgan fingerprint density at radius 1 is 1.35 bits per heavy atom. The van der Waals surface area contributed by atoms with Gasteiger partial charge in [0.15, 0.2) is 5.76 Å². The molecule has 1 atom stereocenters. The molecule has 0 aliphatic rings. The minimum absolute atomic E-state index is 0.325. The first-order chi connectivity index (χ1) is 9.69. The minimum atomic E-state index is -0.506. The van der Waals surface area contributed by atoms with Gasteiger partial charge in [-0.3, -0.25) is 4.90 Å². The lowest BCUT2D eigenvalue weighted by molar-refractivity contribution is 0.0404. The molecule has 1 heterocycles. The molecule has 1 aromatic heterocycles. The lowest BCUT2D eigenvalue weighted by Gasteiger charge is -2.18. The Kier molecular flexibility index (Phi) is 5.29. The molecule has 108 valence electrons. The molecular weight excluding hydrogens is 256 g/mol. The van der Waals surface area contributed by atoms with Gasteiger partial charge in [-0.15, -0.1) is 0 Å². The zero-order valence-electron chi connectivity index (χ0n) is 11.8. The molecule has 0 saturated heterocycles. The van der Waals surface area contributed by atoms with Gasteiger partial charge in [-0.05, 0) is 7.05 Å². The Morgan fingerprint density at radius 2 is 2.10 bits per heavy atom. The molecule has 1 aromatic carbocycles. The maximum atomic E-state index is 9.66. The number of oxazole rings is 1. The van der Waals surface area contributed by atoms with E-state index in [1.807, 2.05) is 42.3 Å². The van der Waals surface area contributed by atoms with Crippen LogP contribution in [-0.2, 0) is 11.3 Å². The van der Waals surface area contributed by atoms with E-state index in [1.54, 1.807) is 13.3 Å². The number of aliphatic hydroxyl groups excluding tert-OH is 1. The van der Waals surface area contributed by atoms with Crippen molar-refractivity contribution in [3.63, 3.8) is 0 Å². The summed E-state index contributed by atoms with van der Waals surface area (Å²) in [5, 5.41) is 9.66. The van der Waals surface area contributed by atoms with Crippen LogP contribution in [0.2, 0.25) is 0 Å². The molecule has 20 heavy (non-hydrogen) atoms. The van der Waals surface area contributed by atoms with Crippen molar-refractivity contribution in [3.8, 4) is 11.3 Å². The van der Waals surface area contributed by atoms with Gasteiger partial charge < -0.3 is 14.3 Å². The van der Waals surface area contributed by atoms with Crippen LogP contribution in [0.4, 0.5) is 0 Å². The molecule has 0 aliphatic heterocycles. The number of ether oxygens (including phenoxy) is 1. The van der Waals surface area contributed by atoms with Crippen LogP contribution in [-0.4, -0.2) is 48.4 Å². The number of benzene rings is 1. The van der Waals surface area contributed by atoms with Crippen molar-refractivity contribution in [2.75, 3.05) is 27.3 Å². The van der Waals surface area contributed by atoms with E-state index in [1.165, 1.54) is 0 Å². The summed E-state index contributed by atoms with van der Waals surface area (Å²) in [4.78, 5) is 6.21. The Labute approximate surface area is 118 Å². The molecule has 2 aromatic rings. The largest absolute Gasteiger partial charge is 0.439 e. The summed E-state index contributed by atoms with van der Waals surface area (Å²) in [5.41, 5.74) is 1.01. The topological polar surface area (TPSA) is 58.7 Å². The third-order valence-corrected chi connectivity index (χ3v) is 2.90. The van der Waals surface area contributed by atoms with Gasteiger partial charge in [-0.2, -0.15) is 0 Å². The van der Waals surface area contributed by atoms with Gasteiger partial charge in [0.1, 0.15) is 0 Å². The van der Waals surface area contributed by atoms with Crippen molar-refractivity contribution < 1.29 is 14.3 Å². The summed E-state index contributed by atoms with van der Waals surface area (Å²) >= 11 is 0. The molecule has 0 aliphatic carbocycles. The predicted molar refractivity (Wildman–Crippen MR) is 76.2 cm³/mol. The minimum Gasteiger partial charge on any atom is -0.439 e. The highest BCUT2D eigenvalue weighted by atomic mass is 16.5. The van der Waals surface area contributed by atoms with E-state index >= 15 is 0 Å². The Bertz CT molecular complexity index is 513. The quantitative estimate of drug-likeness (QED) is 0.835. The summed E-state index contributed by atoms with van der Waals surface area (Å²) in [6, 6.07) is 9.86. The van der Waals surface area contributed by atoms with Crippen molar-refractivity contribution in [1.29, 1.82) is 0 Å². The highest BCUT2D eigenvalue weighted by molar-refractivity contribution is 5.55. The number of rotatable bonds is 7. The SMILES string of the molecule is COCC(O)CN(C)Cc1ncc(-c2ccccc2)o1. The molecule has 0 radical (unpaired) electrons. The monoisotopic (exact) mass is 276 g/mol. The van der Waals surface area contributed by atoms with Crippen LogP contribution in [0.3, 0.4) is 0 Å². The average Bonchev–Trinajstić information content (AvgIpc) is 2.88. The molecule has 0 spiro atoms. The van der Waals surface area contributed by atoms with Crippen molar-refractivity contribution in [2.24, 2.45) is 0 Å². The predicted octanol–water partition coefficient (Wildman–Crippen LogP) is 1.78. The first-order valence-electron chi connectivity index (χ1n) is 6.54. The van der Waals surface area contributed by atoms with Gasteiger partial charge >= 0.3 is 0 Å². The maximum absolute atomic E-state index is 9.66. The summed E-state index contributed by atoms with van der Waals surface area (Å²) in [6.07, 6.45) is 1.22. The van der Waals surface area contributed by atoms with Crippen LogP contribution in [0.1, 0.15) is 5.89 Å². The third-order valence-electron chi connectivity index (χ3n) is 2.90. The average molecular weight is 276 g/mol. The number of methoxy groups -OCH3 is 1. The third kappa shape index (κ3) is 4.16. The first kappa shape index (κ1) is 14.7. The van der Waals surface area contributed by atoms with Crippen LogP contribution in [0.25, 0.3) is 11.3 Å². The number of aliphatic hydroxyl groups is 1. The Balaban J connectivity index is 1.93. The molecule has 5 heteroatoms. The Hall–Kier alpha value is -1.69. The van der Waals surface area contributed by atoms with E-state index in [0.29, 0.717) is 25.6 Å². The number of aromatic nitrogens is 1. The van der Waals surface area contributed by atoms with E-state index in [2.05, 4.69) is 4.98 Å². The zero-order chi connectivity index (χ0) is 14.4. The van der Waals surface area contributed by atoms with E-state index in [4.69, 9.17) is 9.15 Å². The summed E-state index contributed by atoms with van der Waals surface area (Å²) < 4.78 is 10.6. The summed E-state index contributed by atoms with van der Waals surface area (Å²) in [7, 11) is 3.48. The van der Waals surface area contributed by atoms with E-state index < -0.39 is 6.10 Å². The van der Waals surface area contributed by atoms with Crippen LogP contribution in [0.15, 0.2) is 40.9 Å². The molecule has 0 amide bonds. The number of likely N-dealkylation sites (N-methyl/N-ethyl adjacent to an activating group) is 1. The second-order valence-corrected chi connectivity index (χ2v) is 4.79. The van der Waals surface area contributed by atoms with Gasteiger partial charge in [0.2, 0.25) is 5.89 Å². The van der Waals surface area contributed by atoms with Crippen LogP contribution >= 0.6 is 0 Å². The lowest BCUT2D eigenvalue weighted by atomic mass is 10.2. The molecule has 1 N–H and O–H groups in total. The van der Waals surface area contributed by atoms with Gasteiger partial charge in [-0.1, -0.05) is 30.3 Å². The van der Waals surface area contributed by atoms with Gasteiger partial charge in [0.25, 0.3) is 0 Å². The molecule has 1 unspecified atom stereocenters. The van der Waals surface area contributed by atoms with Crippen molar-refractivity contribution in [2.45, 2.75) is 12.6 Å². The normalized spacial score (nSPS) is 12.8. The lowest BCUT2D eigenvalue weighted by Crippen LogP contribution is -2.31.